The van der Waals surface area contributed by atoms with Crippen LogP contribution in [-0.4, -0.2) is 34.2 Å². The summed E-state index contributed by atoms with van der Waals surface area (Å²) in [6.07, 6.45) is 3.77. The molecule has 0 saturated carbocycles. The van der Waals surface area contributed by atoms with Gasteiger partial charge < -0.3 is 5.11 Å². The van der Waals surface area contributed by atoms with Crippen LogP contribution >= 0.6 is 11.3 Å². The highest BCUT2D eigenvalue weighted by Crippen LogP contribution is 2.17. The number of aryl methyl sites for hydroxylation is 2. The largest absolute Gasteiger partial charge is 0.393 e. The minimum absolute atomic E-state index is 0.0990. The average Bonchev–Trinajstić information content (AvgIpc) is 2.96. The quantitative estimate of drug-likeness (QED) is 0.922. The van der Waals surface area contributed by atoms with Crippen molar-refractivity contribution >= 4 is 11.3 Å². The van der Waals surface area contributed by atoms with Gasteiger partial charge in [-0.3, -0.25) is 4.90 Å². The summed E-state index contributed by atoms with van der Waals surface area (Å²) in [5.74, 6) is 0. The summed E-state index contributed by atoms with van der Waals surface area (Å²) in [6.45, 7) is 2.89. The van der Waals surface area contributed by atoms with Gasteiger partial charge in [0.25, 0.3) is 0 Å². The van der Waals surface area contributed by atoms with Crippen LogP contribution in [0.5, 0.6) is 0 Å². The summed E-state index contributed by atoms with van der Waals surface area (Å²) >= 11 is 1.77. The van der Waals surface area contributed by atoms with Crippen molar-refractivity contribution in [3.8, 4) is 0 Å². The van der Waals surface area contributed by atoms with E-state index in [1.807, 2.05) is 0 Å². The van der Waals surface area contributed by atoms with Gasteiger partial charge in [-0.1, -0.05) is 30.3 Å². The Hall–Kier alpha value is -1.23. The highest BCUT2D eigenvalue weighted by molar-refractivity contribution is 7.09. The Balaban J connectivity index is 1.49. The maximum absolute atomic E-state index is 9.54. The minimum Gasteiger partial charge on any atom is -0.393 e. The first-order chi connectivity index (χ1) is 10.3. The van der Waals surface area contributed by atoms with Crippen LogP contribution in [0.1, 0.15) is 29.1 Å². The average molecular weight is 302 g/mol. The van der Waals surface area contributed by atoms with Gasteiger partial charge in [-0.25, -0.2) is 4.98 Å². The van der Waals surface area contributed by atoms with Gasteiger partial charge in [0.1, 0.15) is 0 Å². The molecule has 112 valence electrons. The fourth-order valence-corrected chi connectivity index (χ4v) is 3.53. The van der Waals surface area contributed by atoms with Crippen LogP contribution in [0.2, 0.25) is 0 Å². The highest BCUT2D eigenvalue weighted by atomic mass is 32.1. The summed E-state index contributed by atoms with van der Waals surface area (Å²) in [5.41, 5.74) is 2.55. The van der Waals surface area contributed by atoms with Crippen LogP contribution in [0.4, 0.5) is 0 Å². The van der Waals surface area contributed by atoms with Crippen molar-refractivity contribution in [1.29, 1.82) is 0 Å². The number of benzene rings is 1. The molecule has 0 amide bonds. The van der Waals surface area contributed by atoms with Gasteiger partial charge in [0.15, 0.2) is 0 Å². The van der Waals surface area contributed by atoms with Crippen molar-refractivity contribution in [2.24, 2.45) is 0 Å². The second kappa shape index (κ2) is 7.16. The fraction of sp³-hybridized carbons (Fsp3) is 0.471. The molecule has 0 atom stereocenters. The number of nitrogens with zero attached hydrogens (tertiary/aromatic N) is 2. The zero-order valence-electron chi connectivity index (χ0n) is 12.2. The molecule has 2 aromatic rings. The van der Waals surface area contributed by atoms with E-state index >= 15 is 0 Å². The van der Waals surface area contributed by atoms with Crippen LogP contribution < -0.4 is 0 Å². The molecule has 4 heteroatoms. The lowest BCUT2D eigenvalue weighted by Gasteiger charge is -2.28. The van der Waals surface area contributed by atoms with E-state index < -0.39 is 0 Å². The molecule has 0 spiro atoms. The van der Waals surface area contributed by atoms with Gasteiger partial charge in [-0.2, -0.15) is 0 Å². The monoisotopic (exact) mass is 302 g/mol. The third-order valence-corrected chi connectivity index (χ3v) is 4.97. The van der Waals surface area contributed by atoms with Crippen molar-refractivity contribution < 1.29 is 5.11 Å². The number of aliphatic hydroxyl groups is 1. The van der Waals surface area contributed by atoms with Crippen molar-refractivity contribution in [2.75, 3.05) is 13.1 Å². The molecule has 3 rings (SSSR count). The standard InChI is InChI=1S/C17H22N2OS/c20-16-8-10-19(11-9-16)12-15-13-21-17(18-15)7-6-14-4-2-1-3-5-14/h1-5,13,16,20H,6-12H2. The van der Waals surface area contributed by atoms with Gasteiger partial charge in [0.2, 0.25) is 0 Å². The topological polar surface area (TPSA) is 36.4 Å². The third kappa shape index (κ3) is 4.37. The Morgan fingerprint density at radius 1 is 1.14 bits per heavy atom. The van der Waals surface area contributed by atoms with E-state index in [1.54, 1.807) is 11.3 Å². The lowest BCUT2D eigenvalue weighted by atomic mass is 10.1. The molecule has 2 heterocycles. The fourth-order valence-electron chi connectivity index (χ4n) is 2.74. The van der Waals surface area contributed by atoms with Gasteiger partial charge >= 0.3 is 0 Å². The van der Waals surface area contributed by atoms with E-state index in [2.05, 4.69) is 40.6 Å². The smallest absolute Gasteiger partial charge is 0.0932 e. The van der Waals surface area contributed by atoms with E-state index in [0.717, 1.165) is 45.3 Å². The number of piperidine rings is 1. The number of hydrogen-bond donors (Lipinski definition) is 1. The van der Waals surface area contributed by atoms with E-state index in [9.17, 15) is 5.11 Å². The van der Waals surface area contributed by atoms with Gasteiger partial charge in [0.05, 0.1) is 16.8 Å². The Kier molecular flexibility index (Phi) is 5.01. The normalized spacial score (nSPS) is 17.2. The van der Waals surface area contributed by atoms with E-state index in [0.29, 0.717) is 0 Å². The molecule has 0 unspecified atom stereocenters. The van der Waals surface area contributed by atoms with E-state index in [1.165, 1.54) is 16.3 Å². The molecular formula is C17H22N2OS. The molecule has 0 bridgehead atoms. The zero-order valence-corrected chi connectivity index (χ0v) is 13.1. The first-order valence-electron chi connectivity index (χ1n) is 7.67. The Morgan fingerprint density at radius 3 is 2.67 bits per heavy atom. The molecule has 1 aliphatic rings. The third-order valence-electron chi connectivity index (χ3n) is 4.01. The Morgan fingerprint density at radius 2 is 1.90 bits per heavy atom. The molecule has 1 aliphatic heterocycles. The summed E-state index contributed by atoms with van der Waals surface area (Å²) in [5, 5.41) is 12.9. The number of thiazole rings is 1. The van der Waals surface area contributed by atoms with Crippen molar-refractivity contribution in [3.63, 3.8) is 0 Å². The molecule has 1 N–H and O–H groups in total. The number of rotatable bonds is 5. The van der Waals surface area contributed by atoms with Crippen molar-refractivity contribution in [1.82, 2.24) is 9.88 Å². The maximum atomic E-state index is 9.54. The van der Waals surface area contributed by atoms with Crippen molar-refractivity contribution in [3.05, 3.63) is 52.0 Å². The first-order valence-corrected chi connectivity index (χ1v) is 8.55. The predicted molar refractivity (Wildman–Crippen MR) is 86.5 cm³/mol. The molecule has 0 aliphatic carbocycles. The van der Waals surface area contributed by atoms with Crippen LogP contribution in [0.25, 0.3) is 0 Å². The molecule has 1 aromatic heterocycles. The molecule has 1 aromatic carbocycles. The zero-order chi connectivity index (χ0) is 14.5. The lowest BCUT2D eigenvalue weighted by Crippen LogP contribution is -2.35. The second-order valence-corrected chi connectivity index (χ2v) is 6.67. The lowest BCUT2D eigenvalue weighted by molar-refractivity contribution is 0.0787. The van der Waals surface area contributed by atoms with Crippen LogP contribution in [0.3, 0.4) is 0 Å². The number of likely N-dealkylation sites (tertiary alicyclic amines) is 1. The Labute approximate surface area is 130 Å². The van der Waals surface area contributed by atoms with E-state index in [4.69, 9.17) is 4.98 Å². The minimum atomic E-state index is -0.0990. The first kappa shape index (κ1) is 14.7. The Bertz CT molecular complexity index is 547. The SMILES string of the molecule is OC1CCN(Cc2csc(CCc3ccccc3)n2)CC1. The summed E-state index contributed by atoms with van der Waals surface area (Å²) in [6, 6.07) is 10.6. The molecule has 3 nitrogen and oxygen atoms in total. The molecule has 1 saturated heterocycles. The molecular weight excluding hydrogens is 280 g/mol. The molecule has 21 heavy (non-hydrogen) atoms. The van der Waals surface area contributed by atoms with E-state index in [-0.39, 0.29) is 6.10 Å². The number of hydrogen-bond acceptors (Lipinski definition) is 4. The number of aromatic nitrogens is 1. The predicted octanol–water partition coefficient (Wildman–Crippen LogP) is 2.89. The van der Waals surface area contributed by atoms with Crippen molar-refractivity contribution in [2.45, 2.75) is 38.3 Å². The molecule has 0 radical (unpaired) electrons. The van der Waals surface area contributed by atoms with Crippen LogP contribution in [-0.2, 0) is 19.4 Å². The summed E-state index contributed by atoms with van der Waals surface area (Å²) in [4.78, 5) is 7.14. The van der Waals surface area contributed by atoms with Gasteiger partial charge in [-0.15, -0.1) is 11.3 Å². The molecule has 1 fully saturated rings. The maximum Gasteiger partial charge on any atom is 0.0932 e. The summed E-state index contributed by atoms with van der Waals surface area (Å²) in [7, 11) is 0. The van der Waals surface area contributed by atoms with Gasteiger partial charge in [0, 0.05) is 31.4 Å². The van der Waals surface area contributed by atoms with Crippen LogP contribution in [0, 0.1) is 0 Å². The second-order valence-electron chi connectivity index (χ2n) is 5.73. The number of aliphatic hydroxyl groups excluding tert-OH is 1. The highest BCUT2D eigenvalue weighted by Gasteiger charge is 2.17. The van der Waals surface area contributed by atoms with Crippen LogP contribution in [0.15, 0.2) is 35.7 Å². The summed E-state index contributed by atoms with van der Waals surface area (Å²) < 4.78 is 0. The van der Waals surface area contributed by atoms with Gasteiger partial charge in [-0.05, 0) is 24.8 Å².